The number of nitrogens with zero attached hydrogens (tertiary/aromatic N) is 2. The first-order chi connectivity index (χ1) is 7.82. The number of carbonyl (C=O) groups excluding carboxylic acids is 1. The monoisotopic (exact) mass is 241 g/mol. The van der Waals surface area contributed by atoms with Crippen molar-refractivity contribution in [1.82, 2.24) is 9.80 Å². The lowest BCUT2D eigenvalue weighted by molar-refractivity contribution is -0.138. The van der Waals surface area contributed by atoms with Crippen molar-refractivity contribution in [2.24, 2.45) is 5.73 Å². The summed E-state index contributed by atoms with van der Waals surface area (Å²) in [7, 11) is 4.07. The van der Waals surface area contributed by atoms with Crippen molar-refractivity contribution in [3.8, 4) is 0 Å². The topological polar surface area (TPSA) is 49.6 Å². The van der Waals surface area contributed by atoms with Gasteiger partial charge >= 0.3 is 0 Å². The minimum atomic E-state index is -0.755. The largest absolute Gasteiger partial charge is 0.337 e. The van der Waals surface area contributed by atoms with Crippen molar-refractivity contribution < 1.29 is 4.79 Å². The zero-order valence-corrected chi connectivity index (χ0v) is 11.7. The molecule has 0 bridgehead atoms. The number of amides is 1. The second kappa shape index (κ2) is 5.83. The number of hydrogen-bond donors (Lipinski definition) is 1. The molecule has 4 nitrogen and oxygen atoms in total. The second-order valence-electron chi connectivity index (χ2n) is 5.96. The Morgan fingerprint density at radius 3 is 2.18 bits per heavy atom. The summed E-state index contributed by atoms with van der Waals surface area (Å²) in [6.45, 7) is 5.29. The summed E-state index contributed by atoms with van der Waals surface area (Å²) in [5.41, 5.74) is 5.19. The number of rotatable bonds is 5. The van der Waals surface area contributed by atoms with Gasteiger partial charge in [0.25, 0.3) is 0 Å². The molecule has 2 N–H and O–H groups in total. The zero-order valence-electron chi connectivity index (χ0n) is 11.7. The van der Waals surface area contributed by atoms with Gasteiger partial charge in [0.1, 0.15) is 0 Å². The highest BCUT2D eigenvalue weighted by Crippen LogP contribution is 2.24. The van der Waals surface area contributed by atoms with E-state index in [1.807, 2.05) is 19.0 Å². The van der Waals surface area contributed by atoms with Gasteiger partial charge in [-0.3, -0.25) is 4.79 Å². The lowest BCUT2D eigenvalue weighted by Gasteiger charge is -2.35. The van der Waals surface area contributed by atoms with Crippen LogP contribution < -0.4 is 5.73 Å². The van der Waals surface area contributed by atoms with E-state index in [0.29, 0.717) is 6.04 Å². The molecule has 1 saturated carbocycles. The van der Waals surface area contributed by atoms with Crippen molar-refractivity contribution in [2.75, 3.05) is 27.2 Å². The molecule has 0 radical (unpaired) electrons. The van der Waals surface area contributed by atoms with E-state index in [1.165, 1.54) is 12.8 Å². The highest BCUT2D eigenvalue weighted by atomic mass is 16.2. The molecule has 1 rings (SSSR count). The molecule has 1 aliphatic carbocycles. The molecule has 0 aromatic heterocycles. The van der Waals surface area contributed by atoms with E-state index in [2.05, 4.69) is 4.90 Å². The number of likely N-dealkylation sites (N-methyl/N-ethyl adjacent to an activating group) is 1. The van der Waals surface area contributed by atoms with Crippen molar-refractivity contribution in [2.45, 2.75) is 51.1 Å². The van der Waals surface area contributed by atoms with Crippen LogP contribution in [0.1, 0.15) is 39.5 Å². The van der Waals surface area contributed by atoms with Gasteiger partial charge in [-0.2, -0.15) is 0 Å². The van der Waals surface area contributed by atoms with Crippen LogP contribution in [0, 0.1) is 0 Å². The predicted molar refractivity (Wildman–Crippen MR) is 70.8 cm³/mol. The molecule has 17 heavy (non-hydrogen) atoms. The van der Waals surface area contributed by atoms with Crippen molar-refractivity contribution in [1.29, 1.82) is 0 Å². The molecule has 0 aliphatic heterocycles. The van der Waals surface area contributed by atoms with Gasteiger partial charge in [-0.05, 0) is 40.8 Å². The lowest BCUT2D eigenvalue weighted by atomic mass is 10.0. The molecule has 4 heteroatoms. The highest BCUT2D eigenvalue weighted by Gasteiger charge is 2.33. The minimum absolute atomic E-state index is 0.0891. The fourth-order valence-electron chi connectivity index (χ4n) is 2.34. The van der Waals surface area contributed by atoms with Crippen molar-refractivity contribution >= 4 is 5.91 Å². The maximum absolute atomic E-state index is 12.3. The van der Waals surface area contributed by atoms with Crippen LogP contribution in [-0.2, 0) is 4.79 Å². The second-order valence-corrected chi connectivity index (χ2v) is 5.96. The molecule has 1 fully saturated rings. The fourth-order valence-corrected chi connectivity index (χ4v) is 2.34. The quantitative estimate of drug-likeness (QED) is 0.783. The van der Waals surface area contributed by atoms with Crippen LogP contribution in [0.5, 0.6) is 0 Å². The molecule has 0 heterocycles. The van der Waals surface area contributed by atoms with Gasteiger partial charge in [0.2, 0.25) is 5.91 Å². The summed E-state index contributed by atoms with van der Waals surface area (Å²) in [5.74, 6) is 0.0891. The molecule has 1 amide bonds. The van der Waals surface area contributed by atoms with Crippen LogP contribution >= 0.6 is 0 Å². The van der Waals surface area contributed by atoms with E-state index in [4.69, 9.17) is 5.73 Å². The van der Waals surface area contributed by atoms with Gasteiger partial charge in [-0.25, -0.2) is 0 Å². The fraction of sp³-hybridized carbons (Fsp3) is 0.923. The molecule has 1 aliphatic rings. The Hall–Kier alpha value is -0.610. The molecule has 0 aromatic rings. The molecular formula is C13H27N3O. The normalized spacial score (nSPS) is 17.8. The van der Waals surface area contributed by atoms with Gasteiger partial charge in [-0.1, -0.05) is 12.8 Å². The van der Waals surface area contributed by atoms with E-state index >= 15 is 0 Å². The molecule has 100 valence electrons. The third kappa shape index (κ3) is 4.28. The van der Waals surface area contributed by atoms with Crippen LogP contribution in [0.15, 0.2) is 0 Å². The molecule has 0 saturated heterocycles. The Morgan fingerprint density at radius 2 is 1.76 bits per heavy atom. The van der Waals surface area contributed by atoms with Gasteiger partial charge in [-0.15, -0.1) is 0 Å². The SMILES string of the molecule is CN(C)CCN(C(=O)C(C)(C)N)C1CCCC1. The average Bonchev–Trinajstić information content (AvgIpc) is 2.69. The summed E-state index contributed by atoms with van der Waals surface area (Å²) in [5, 5.41) is 0. The van der Waals surface area contributed by atoms with Crippen LogP contribution in [0.25, 0.3) is 0 Å². The van der Waals surface area contributed by atoms with Crippen LogP contribution in [-0.4, -0.2) is 54.5 Å². The predicted octanol–water partition coefficient (Wildman–Crippen LogP) is 1.06. The van der Waals surface area contributed by atoms with Gasteiger partial charge in [0.15, 0.2) is 0 Å². The van der Waals surface area contributed by atoms with Crippen LogP contribution in [0.3, 0.4) is 0 Å². The number of hydrogen-bond acceptors (Lipinski definition) is 3. The summed E-state index contributed by atoms with van der Waals surface area (Å²) in [4.78, 5) is 16.5. The van der Waals surface area contributed by atoms with Gasteiger partial charge in [0.05, 0.1) is 5.54 Å². The number of carbonyl (C=O) groups is 1. The summed E-state index contributed by atoms with van der Waals surface area (Å²) < 4.78 is 0. The van der Waals surface area contributed by atoms with E-state index in [9.17, 15) is 4.79 Å². The van der Waals surface area contributed by atoms with Crippen molar-refractivity contribution in [3.05, 3.63) is 0 Å². The summed E-state index contributed by atoms with van der Waals surface area (Å²) >= 11 is 0. The Kier molecular flexibility index (Phi) is 4.95. The lowest BCUT2D eigenvalue weighted by Crippen LogP contribution is -2.55. The van der Waals surface area contributed by atoms with E-state index < -0.39 is 5.54 Å². The van der Waals surface area contributed by atoms with Crippen LogP contribution in [0.2, 0.25) is 0 Å². The van der Waals surface area contributed by atoms with E-state index in [-0.39, 0.29) is 5.91 Å². The zero-order chi connectivity index (χ0) is 13.1. The molecule has 0 spiro atoms. The standard InChI is InChI=1S/C13H27N3O/c1-13(2,14)12(17)16(10-9-15(3)4)11-7-5-6-8-11/h11H,5-10,14H2,1-4H3. The van der Waals surface area contributed by atoms with E-state index in [1.54, 1.807) is 13.8 Å². The highest BCUT2D eigenvalue weighted by molar-refractivity contribution is 5.85. The van der Waals surface area contributed by atoms with Gasteiger partial charge in [0, 0.05) is 19.1 Å². The molecule has 0 atom stereocenters. The van der Waals surface area contributed by atoms with Crippen molar-refractivity contribution in [3.63, 3.8) is 0 Å². The third-order valence-electron chi connectivity index (χ3n) is 3.37. The molecule has 0 unspecified atom stereocenters. The Bertz CT molecular complexity index is 252. The Balaban J connectivity index is 2.67. The summed E-state index contributed by atoms with van der Waals surface area (Å²) in [6.07, 6.45) is 4.74. The molecule has 0 aromatic carbocycles. The summed E-state index contributed by atoms with van der Waals surface area (Å²) in [6, 6.07) is 0.408. The maximum atomic E-state index is 12.3. The third-order valence-corrected chi connectivity index (χ3v) is 3.37. The average molecular weight is 241 g/mol. The number of nitrogens with two attached hydrogens (primary N) is 1. The molecular weight excluding hydrogens is 214 g/mol. The Labute approximate surface area is 105 Å². The Morgan fingerprint density at radius 1 is 1.24 bits per heavy atom. The van der Waals surface area contributed by atoms with E-state index in [0.717, 1.165) is 25.9 Å². The first-order valence-corrected chi connectivity index (χ1v) is 6.57. The minimum Gasteiger partial charge on any atom is -0.337 e. The first-order valence-electron chi connectivity index (χ1n) is 6.57. The van der Waals surface area contributed by atoms with Gasteiger partial charge < -0.3 is 15.5 Å². The first kappa shape index (κ1) is 14.5. The maximum Gasteiger partial charge on any atom is 0.242 e. The van der Waals surface area contributed by atoms with Crippen LogP contribution in [0.4, 0.5) is 0 Å². The smallest absolute Gasteiger partial charge is 0.242 e.